The van der Waals surface area contributed by atoms with Gasteiger partial charge < -0.3 is 70.0 Å². The minimum Gasteiger partial charge on any atom is -0.507 e. The number of carbonyl (C=O) groups excluding carboxylic acids is 1. The van der Waals surface area contributed by atoms with Gasteiger partial charge in [0.2, 0.25) is 12.6 Å². The quantitative estimate of drug-likeness (QED) is 0.105. The standard InChI is InChI=1S/C27H32O15/c28-9-18-20(33)22(35)24(37)26(41-18)39-12-3-4-13(16(32)8-12)14(30)5-1-11-2-6-15(31)17(7-11)40-27-25(38)23(36)21(34)19(10-29)42-27/h1-8,18-29,31-38H,9-10H2/t18-,19-,20-,21-,22+,23+,24-,25-,26+,27-/m1/s1. The summed E-state index contributed by atoms with van der Waals surface area (Å²) in [4.78, 5) is 12.8. The second-order valence-corrected chi connectivity index (χ2v) is 9.73. The molecule has 0 amide bonds. The number of aliphatic hydroxyl groups is 8. The molecule has 10 N–H and O–H groups in total. The molecule has 0 unspecified atom stereocenters. The highest BCUT2D eigenvalue weighted by molar-refractivity contribution is 6.08. The number of aliphatic hydroxyl groups excluding tert-OH is 8. The molecule has 2 heterocycles. The third-order valence-electron chi connectivity index (χ3n) is 6.84. The Kier molecular flexibility index (Phi) is 10.0. The van der Waals surface area contributed by atoms with Crippen LogP contribution >= 0.6 is 0 Å². The SMILES string of the molecule is O=C(C=Cc1ccc(O)c(O[C@@H]2O[C@H](CO)[C@@H](O)[C@H](O)[C@H]2O)c1)c1ccc(O[C@H]2O[C@H](CO)[C@@H](O)[C@H](O)[C@H]2O)cc1O. The fourth-order valence-corrected chi connectivity index (χ4v) is 4.37. The van der Waals surface area contributed by atoms with Gasteiger partial charge in [-0.3, -0.25) is 4.79 Å². The molecule has 15 heteroatoms. The van der Waals surface area contributed by atoms with Crippen molar-refractivity contribution < 1.29 is 74.8 Å². The van der Waals surface area contributed by atoms with E-state index in [1.165, 1.54) is 36.4 Å². The number of ketones is 1. The highest BCUT2D eigenvalue weighted by atomic mass is 16.7. The summed E-state index contributed by atoms with van der Waals surface area (Å²) in [6.45, 7) is -1.33. The molecule has 10 atom stereocenters. The summed E-state index contributed by atoms with van der Waals surface area (Å²) in [7, 11) is 0. The normalized spacial score (nSPS) is 33.4. The number of carbonyl (C=O) groups is 1. The molecule has 0 spiro atoms. The molecule has 0 aromatic heterocycles. The highest BCUT2D eigenvalue weighted by Gasteiger charge is 2.46. The molecule has 2 fully saturated rings. The zero-order chi connectivity index (χ0) is 30.7. The summed E-state index contributed by atoms with van der Waals surface area (Å²) >= 11 is 0. The van der Waals surface area contributed by atoms with E-state index >= 15 is 0 Å². The molecule has 42 heavy (non-hydrogen) atoms. The van der Waals surface area contributed by atoms with Crippen molar-refractivity contribution in [2.75, 3.05) is 13.2 Å². The number of ether oxygens (including phenoxy) is 4. The van der Waals surface area contributed by atoms with E-state index in [4.69, 9.17) is 18.9 Å². The fraction of sp³-hybridized carbons (Fsp3) is 0.444. The molecule has 0 aliphatic carbocycles. The van der Waals surface area contributed by atoms with Crippen molar-refractivity contribution in [2.24, 2.45) is 0 Å². The first-order valence-corrected chi connectivity index (χ1v) is 12.8. The van der Waals surface area contributed by atoms with Crippen molar-refractivity contribution in [3.8, 4) is 23.0 Å². The number of aromatic hydroxyl groups is 2. The molecular weight excluding hydrogens is 564 g/mol. The van der Waals surface area contributed by atoms with Gasteiger partial charge in [0.05, 0.1) is 18.8 Å². The number of hydrogen-bond acceptors (Lipinski definition) is 15. The number of rotatable bonds is 9. The van der Waals surface area contributed by atoms with Gasteiger partial charge in [-0.1, -0.05) is 12.1 Å². The molecule has 230 valence electrons. The summed E-state index contributed by atoms with van der Waals surface area (Å²) in [5.41, 5.74) is 0.201. The second kappa shape index (κ2) is 13.3. The zero-order valence-electron chi connectivity index (χ0n) is 21.8. The number of hydrogen-bond donors (Lipinski definition) is 10. The van der Waals surface area contributed by atoms with E-state index in [1.807, 2.05) is 0 Å². The summed E-state index contributed by atoms with van der Waals surface area (Å²) < 4.78 is 21.4. The van der Waals surface area contributed by atoms with Gasteiger partial charge in [-0.2, -0.15) is 0 Å². The van der Waals surface area contributed by atoms with Crippen LogP contribution in [0.4, 0.5) is 0 Å². The minimum atomic E-state index is -1.71. The number of allylic oxidation sites excluding steroid dienone is 1. The van der Waals surface area contributed by atoms with Crippen molar-refractivity contribution in [3.05, 3.63) is 53.6 Å². The molecule has 0 radical (unpaired) electrons. The Morgan fingerprint density at radius 2 is 1.29 bits per heavy atom. The molecule has 4 rings (SSSR count). The average molecular weight is 597 g/mol. The first kappa shape index (κ1) is 31.6. The Labute approximate surface area is 238 Å². The lowest BCUT2D eigenvalue weighted by molar-refractivity contribution is -0.277. The predicted molar refractivity (Wildman–Crippen MR) is 138 cm³/mol. The molecule has 15 nitrogen and oxygen atoms in total. The van der Waals surface area contributed by atoms with Gasteiger partial charge in [-0.25, -0.2) is 0 Å². The molecule has 2 saturated heterocycles. The van der Waals surface area contributed by atoms with E-state index in [9.17, 15) is 55.9 Å². The molecule has 2 aromatic rings. The van der Waals surface area contributed by atoms with E-state index in [2.05, 4.69) is 0 Å². The van der Waals surface area contributed by atoms with Crippen LogP contribution < -0.4 is 9.47 Å². The van der Waals surface area contributed by atoms with E-state index in [1.54, 1.807) is 0 Å². The first-order valence-electron chi connectivity index (χ1n) is 12.8. The Morgan fingerprint density at radius 3 is 1.83 bits per heavy atom. The van der Waals surface area contributed by atoms with E-state index in [0.717, 1.165) is 12.1 Å². The van der Waals surface area contributed by atoms with Crippen molar-refractivity contribution in [1.29, 1.82) is 0 Å². The Balaban J connectivity index is 1.43. The van der Waals surface area contributed by atoms with E-state index in [-0.39, 0.29) is 22.8 Å². The van der Waals surface area contributed by atoms with Gasteiger partial charge in [0.1, 0.15) is 60.3 Å². The zero-order valence-corrected chi connectivity index (χ0v) is 21.8. The van der Waals surface area contributed by atoms with Crippen LogP contribution in [0.3, 0.4) is 0 Å². The number of phenolic OH excluding ortho intramolecular Hbond substituents is 2. The first-order chi connectivity index (χ1) is 19.9. The topological polar surface area (TPSA) is 256 Å². The van der Waals surface area contributed by atoms with Crippen LogP contribution in [-0.4, -0.2) is 131 Å². The lowest BCUT2D eigenvalue weighted by Gasteiger charge is -2.39. The van der Waals surface area contributed by atoms with Gasteiger partial charge in [0.25, 0.3) is 0 Å². The van der Waals surface area contributed by atoms with Crippen molar-refractivity contribution in [1.82, 2.24) is 0 Å². The summed E-state index contributed by atoms with van der Waals surface area (Å²) in [6, 6.07) is 7.52. The van der Waals surface area contributed by atoms with Crippen LogP contribution in [0.5, 0.6) is 23.0 Å². The van der Waals surface area contributed by atoms with Crippen molar-refractivity contribution in [2.45, 2.75) is 61.4 Å². The maximum atomic E-state index is 12.8. The van der Waals surface area contributed by atoms with Gasteiger partial charge in [0, 0.05) is 6.07 Å². The minimum absolute atomic E-state index is 0.0501. The van der Waals surface area contributed by atoms with Crippen LogP contribution in [0.15, 0.2) is 42.5 Å². The van der Waals surface area contributed by atoms with Crippen LogP contribution in [0.1, 0.15) is 15.9 Å². The highest BCUT2D eigenvalue weighted by Crippen LogP contribution is 2.32. The van der Waals surface area contributed by atoms with Crippen LogP contribution in [-0.2, 0) is 9.47 Å². The largest absolute Gasteiger partial charge is 0.507 e. The molecule has 2 aliphatic rings. The van der Waals surface area contributed by atoms with Crippen LogP contribution in [0.25, 0.3) is 6.08 Å². The molecular formula is C27H32O15. The Bertz CT molecular complexity index is 1260. The smallest absolute Gasteiger partial charge is 0.229 e. The molecule has 2 aromatic carbocycles. The second-order valence-electron chi connectivity index (χ2n) is 9.73. The Hall–Kier alpha value is -3.35. The van der Waals surface area contributed by atoms with Gasteiger partial charge >= 0.3 is 0 Å². The summed E-state index contributed by atoms with van der Waals surface area (Å²) in [5.74, 6) is -1.76. The predicted octanol–water partition coefficient (Wildman–Crippen LogP) is -2.65. The third kappa shape index (κ3) is 6.66. The molecule has 0 bridgehead atoms. The summed E-state index contributed by atoms with van der Waals surface area (Å²) in [6.07, 6.45) is -12.9. The van der Waals surface area contributed by atoms with Crippen molar-refractivity contribution in [3.63, 3.8) is 0 Å². The number of benzene rings is 2. The monoisotopic (exact) mass is 596 g/mol. The maximum absolute atomic E-state index is 12.8. The van der Waals surface area contributed by atoms with Gasteiger partial charge in [0.15, 0.2) is 17.3 Å². The number of phenols is 2. The van der Waals surface area contributed by atoms with Crippen molar-refractivity contribution >= 4 is 11.9 Å². The van der Waals surface area contributed by atoms with Gasteiger partial charge in [-0.15, -0.1) is 0 Å². The molecule has 2 aliphatic heterocycles. The van der Waals surface area contributed by atoms with E-state index < -0.39 is 86.2 Å². The lowest BCUT2D eigenvalue weighted by Crippen LogP contribution is -2.60. The fourth-order valence-electron chi connectivity index (χ4n) is 4.37. The third-order valence-corrected chi connectivity index (χ3v) is 6.84. The van der Waals surface area contributed by atoms with Crippen LogP contribution in [0, 0.1) is 0 Å². The maximum Gasteiger partial charge on any atom is 0.229 e. The average Bonchev–Trinajstić information content (AvgIpc) is 2.97. The lowest BCUT2D eigenvalue weighted by atomic mass is 9.99. The van der Waals surface area contributed by atoms with Crippen LogP contribution in [0.2, 0.25) is 0 Å². The summed E-state index contributed by atoms with van der Waals surface area (Å²) in [5, 5.41) is 99.1. The van der Waals surface area contributed by atoms with E-state index in [0.29, 0.717) is 5.56 Å². The molecule has 0 saturated carbocycles. The van der Waals surface area contributed by atoms with Gasteiger partial charge in [-0.05, 0) is 35.9 Å². The Morgan fingerprint density at radius 1 is 0.714 bits per heavy atom.